The van der Waals surface area contributed by atoms with Crippen LogP contribution in [0.4, 0.5) is 0 Å². The minimum absolute atomic E-state index is 0.0984. The van der Waals surface area contributed by atoms with E-state index in [0.717, 1.165) is 0 Å². The summed E-state index contributed by atoms with van der Waals surface area (Å²) in [6, 6.07) is 5.54. The lowest BCUT2D eigenvalue weighted by molar-refractivity contribution is -0.147. The van der Waals surface area contributed by atoms with Crippen molar-refractivity contribution in [2.75, 3.05) is 20.8 Å². The number of methoxy groups -OCH3 is 2. The lowest BCUT2D eigenvalue weighted by atomic mass is 9.99. The van der Waals surface area contributed by atoms with Crippen LogP contribution in [-0.4, -0.2) is 44.7 Å². The molecule has 7 heteroatoms. The second kappa shape index (κ2) is 9.54. The Bertz CT molecular complexity index is 569. The molecule has 132 valence electrons. The molecule has 0 aliphatic carbocycles. The van der Waals surface area contributed by atoms with Crippen LogP contribution < -0.4 is 10.1 Å². The first-order valence-electron chi connectivity index (χ1n) is 7.61. The zero-order valence-corrected chi connectivity index (χ0v) is 14.3. The van der Waals surface area contributed by atoms with Crippen molar-refractivity contribution in [2.24, 2.45) is 5.92 Å². The van der Waals surface area contributed by atoms with E-state index in [2.05, 4.69) is 10.1 Å². The van der Waals surface area contributed by atoms with Crippen LogP contribution in [0, 0.1) is 5.92 Å². The normalized spacial score (nSPS) is 12.7. The predicted molar refractivity (Wildman–Crippen MR) is 86.7 cm³/mol. The first-order chi connectivity index (χ1) is 11.4. The minimum atomic E-state index is -0.771. The average Bonchev–Trinajstić information content (AvgIpc) is 2.62. The molecule has 0 spiro atoms. The second-order valence-electron chi connectivity index (χ2n) is 5.26. The SMILES string of the molecule is CC[C@@H](C)[C@H](NC(=O)COC(=O)c1ccc(OC)cc1)C(=O)OC. The summed E-state index contributed by atoms with van der Waals surface area (Å²) >= 11 is 0. The highest BCUT2D eigenvalue weighted by Crippen LogP contribution is 2.12. The van der Waals surface area contributed by atoms with Gasteiger partial charge in [0.1, 0.15) is 11.8 Å². The van der Waals surface area contributed by atoms with Gasteiger partial charge in [0.25, 0.3) is 5.91 Å². The topological polar surface area (TPSA) is 90.9 Å². The number of hydrogen-bond donors (Lipinski definition) is 1. The number of rotatable bonds is 8. The van der Waals surface area contributed by atoms with Crippen molar-refractivity contribution >= 4 is 17.8 Å². The van der Waals surface area contributed by atoms with Crippen LogP contribution in [0.5, 0.6) is 5.75 Å². The molecule has 0 aliphatic heterocycles. The van der Waals surface area contributed by atoms with Gasteiger partial charge < -0.3 is 19.5 Å². The average molecular weight is 337 g/mol. The number of esters is 2. The summed E-state index contributed by atoms with van der Waals surface area (Å²) in [5.74, 6) is -1.21. The van der Waals surface area contributed by atoms with Gasteiger partial charge in [0, 0.05) is 0 Å². The maximum absolute atomic E-state index is 11.9. The van der Waals surface area contributed by atoms with Gasteiger partial charge in [-0.3, -0.25) is 4.79 Å². The summed E-state index contributed by atoms with van der Waals surface area (Å²) in [5, 5.41) is 2.53. The molecule has 0 saturated carbocycles. The van der Waals surface area contributed by atoms with Gasteiger partial charge in [-0.1, -0.05) is 20.3 Å². The molecular formula is C17H23NO6. The van der Waals surface area contributed by atoms with Gasteiger partial charge >= 0.3 is 11.9 Å². The number of hydrogen-bond acceptors (Lipinski definition) is 6. The standard InChI is InChI=1S/C17H23NO6/c1-5-11(2)15(17(21)23-4)18-14(19)10-24-16(20)12-6-8-13(22-3)9-7-12/h6-9,11,15H,5,10H2,1-4H3,(H,18,19)/t11-,15+/m1/s1. The van der Waals surface area contributed by atoms with Gasteiger partial charge in [-0.05, 0) is 30.2 Å². The summed E-state index contributed by atoms with van der Waals surface area (Å²) in [5.41, 5.74) is 0.301. The molecule has 0 radical (unpaired) electrons. The molecule has 1 amide bonds. The third kappa shape index (κ3) is 5.57. The number of carbonyl (C=O) groups is 3. The molecule has 1 rings (SSSR count). The molecule has 0 fully saturated rings. The fourth-order valence-electron chi connectivity index (χ4n) is 1.95. The van der Waals surface area contributed by atoms with Crippen molar-refractivity contribution < 1.29 is 28.6 Å². The van der Waals surface area contributed by atoms with E-state index < -0.39 is 30.5 Å². The minimum Gasteiger partial charge on any atom is -0.497 e. The molecule has 0 unspecified atom stereocenters. The lowest BCUT2D eigenvalue weighted by Gasteiger charge is -2.21. The van der Waals surface area contributed by atoms with Gasteiger partial charge in [0.15, 0.2) is 6.61 Å². The van der Waals surface area contributed by atoms with Crippen LogP contribution >= 0.6 is 0 Å². The van der Waals surface area contributed by atoms with Crippen molar-refractivity contribution in [3.8, 4) is 5.75 Å². The molecule has 1 aromatic carbocycles. The molecule has 0 aromatic heterocycles. The van der Waals surface area contributed by atoms with Crippen LogP contribution in [0.2, 0.25) is 0 Å². The van der Waals surface area contributed by atoms with E-state index in [1.54, 1.807) is 12.1 Å². The monoisotopic (exact) mass is 337 g/mol. The lowest BCUT2D eigenvalue weighted by Crippen LogP contribution is -2.47. The third-order valence-electron chi connectivity index (χ3n) is 3.64. The molecule has 0 bridgehead atoms. The van der Waals surface area contributed by atoms with Crippen molar-refractivity contribution in [1.82, 2.24) is 5.32 Å². The molecule has 24 heavy (non-hydrogen) atoms. The van der Waals surface area contributed by atoms with Crippen molar-refractivity contribution in [1.29, 1.82) is 0 Å². The smallest absolute Gasteiger partial charge is 0.338 e. The maximum atomic E-state index is 11.9. The van der Waals surface area contributed by atoms with E-state index in [0.29, 0.717) is 17.7 Å². The molecule has 1 aromatic rings. The summed E-state index contributed by atoms with van der Waals surface area (Å²) in [6.45, 7) is 3.25. The van der Waals surface area contributed by atoms with E-state index >= 15 is 0 Å². The fourth-order valence-corrected chi connectivity index (χ4v) is 1.95. The van der Waals surface area contributed by atoms with Gasteiger partial charge in [0.05, 0.1) is 19.8 Å². The van der Waals surface area contributed by atoms with E-state index in [1.807, 2.05) is 13.8 Å². The molecule has 2 atom stereocenters. The zero-order chi connectivity index (χ0) is 18.1. The highest BCUT2D eigenvalue weighted by atomic mass is 16.5. The van der Waals surface area contributed by atoms with Crippen LogP contribution in [0.3, 0.4) is 0 Å². The first kappa shape index (κ1) is 19.5. The number of nitrogens with one attached hydrogen (secondary N) is 1. The summed E-state index contributed by atoms with van der Waals surface area (Å²) in [4.78, 5) is 35.5. The highest BCUT2D eigenvalue weighted by molar-refractivity contribution is 5.92. The number of ether oxygens (including phenoxy) is 3. The zero-order valence-electron chi connectivity index (χ0n) is 14.3. The Kier molecular flexibility index (Phi) is 7.74. The summed E-state index contributed by atoms with van der Waals surface area (Å²) in [7, 11) is 2.78. The maximum Gasteiger partial charge on any atom is 0.338 e. The van der Waals surface area contributed by atoms with Gasteiger partial charge in [-0.25, -0.2) is 9.59 Å². The Morgan fingerprint density at radius 2 is 1.75 bits per heavy atom. The Morgan fingerprint density at radius 3 is 2.25 bits per heavy atom. The van der Waals surface area contributed by atoms with Gasteiger partial charge in [-0.2, -0.15) is 0 Å². The third-order valence-corrected chi connectivity index (χ3v) is 3.64. The van der Waals surface area contributed by atoms with E-state index in [-0.39, 0.29) is 5.92 Å². The quantitative estimate of drug-likeness (QED) is 0.724. The number of carbonyl (C=O) groups excluding carboxylic acids is 3. The Hall–Kier alpha value is -2.57. The summed E-state index contributed by atoms with van der Waals surface area (Å²) < 4.78 is 14.6. The molecule has 0 aliphatic rings. The predicted octanol–water partition coefficient (Wildman–Crippen LogP) is 1.56. The van der Waals surface area contributed by atoms with Crippen molar-refractivity contribution in [2.45, 2.75) is 26.3 Å². The molecule has 0 saturated heterocycles. The van der Waals surface area contributed by atoms with Crippen LogP contribution in [-0.2, 0) is 19.1 Å². The Labute approximate surface area is 141 Å². The van der Waals surface area contributed by atoms with E-state index in [4.69, 9.17) is 9.47 Å². The number of amides is 1. The van der Waals surface area contributed by atoms with Crippen LogP contribution in [0.25, 0.3) is 0 Å². The first-order valence-corrected chi connectivity index (χ1v) is 7.61. The van der Waals surface area contributed by atoms with Crippen molar-refractivity contribution in [3.05, 3.63) is 29.8 Å². The molecular weight excluding hydrogens is 314 g/mol. The van der Waals surface area contributed by atoms with E-state index in [1.165, 1.54) is 26.4 Å². The Balaban J connectivity index is 2.57. The van der Waals surface area contributed by atoms with Gasteiger partial charge in [0.2, 0.25) is 0 Å². The largest absolute Gasteiger partial charge is 0.497 e. The molecule has 0 heterocycles. The molecule has 7 nitrogen and oxygen atoms in total. The van der Waals surface area contributed by atoms with Crippen molar-refractivity contribution in [3.63, 3.8) is 0 Å². The van der Waals surface area contributed by atoms with Crippen LogP contribution in [0.15, 0.2) is 24.3 Å². The second-order valence-corrected chi connectivity index (χ2v) is 5.26. The highest BCUT2D eigenvalue weighted by Gasteiger charge is 2.27. The van der Waals surface area contributed by atoms with E-state index in [9.17, 15) is 14.4 Å². The van der Waals surface area contributed by atoms with Crippen LogP contribution in [0.1, 0.15) is 30.6 Å². The Morgan fingerprint density at radius 1 is 1.12 bits per heavy atom. The summed E-state index contributed by atoms with van der Waals surface area (Å²) in [6.07, 6.45) is 0.686. The van der Waals surface area contributed by atoms with Gasteiger partial charge in [-0.15, -0.1) is 0 Å². The number of benzene rings is 1. The fraction of sp³-hybridized carbons (Fsp3) is 0.471. The molecule has 1 N–H and O–H groups in total.